The molecule has 0 aliphatic carbocycles. The minimum Gasteiger partial charge on any atom is -0.342 e. The summed E-state index contributed by atoms with van der Waals surface area (Å²) in [6.45, 7) is 4.58. The smallest absolute Gasteiger partial charge is 0.223 e. The molecule has 1 amide bonds. The van der Waals surface area contributed by atoms with Gasteiger partial charge in [0.15, 0.2) is 0 Å². The molecule has 1 saturated heterocycles. The van der Waals surface area contributed by atoms with Crippen molar-refractivity contribution in [1.82, 2.24) is 19.4 Å². The van der Waals surface area contributed by atoms with Crippen molar-refractivity contribution in [2.24, 2.45) is 0 Å². The summed E-state index contributed by atoms with van der Waals surface area (Å²) in [5.74, 6) is 3.70. The van der Waals surface area contributed by atoms with E-state index in [0.717, 1.165) is 55.5 Å². The lowest BCUT2D eigenvalue weighted by atomic mass is 9.97. The van der Waals surface area contributed by atoms with Gasteiger partial charge in [0.05, 0.1) is 17.7 Å². The molecule has 0 bridgehead atoms. The van der Waals surface area contributed by atoms with Crippen LogP contribution in [-0.4, -0.2) is 49.9 Å². The van der Waals surface area contributed by atoms with Gasteiger partial charge in [-0.3, -0.25) is 4.79 Å². The second-order valence-electron chi connectivity index (χ2n) is 6.02. The van der Waals surface area contributed by atoms with Crippen LogP contribution in [0.2, 0.25) is 0 Å². The van der Waals surface area contributed by atoms with Crippen LogP contribution < -0.4 is 0 Å². The zero-order chi connectivity index (χ0) is 16.8. The van der Waals surface area contributed by atoms with E-state index < -0.39 is 0 Å². The normalized spacial score (nSPS) is 18.0. The lowest BCUT2D eigenvalue weighted by Gasteiger charge is -2.32. The van der Waals surface area contributed by atoms with Crippen LogP contribution in [0.25, 0.3) is 0 Å². The van der Waals surface area contributed by atoms with Crippen LogP contribution in [0.3, 0.4) is 0 Å². The van der Waals surface area contributed by atoms with E-state index in [1.165, 1.54) is 0 Å². The van der Waals surface area contributed by atoms with Crippen LogP contribution in [0.1, 0.15) is 43.6 Å². The molecule has 0 spiro atoms. The Morgan fingerprint density at radius 2 is 2.38 bits per heavy atom. The van der Waals surface area contributed by atoms with Crippen molar-refractivity contribution in [2.45, 2.75) is 38.6 Å². The van der Waals surface area contributed by atoms with Gasteiger partial charge in [-0.2, -0.15) is 11.8 Å². The molecule has 7 heteroatoms. The first-order valence-electron chi connectivity index (χ1n) is 8.51. The minimum atomic E-state index is 0.290. The minimum absolute atomic E-state index is 0.290. The number of carbonyl (C=O) groups is 1. The molecule has 2 aromatic rings. The Balaban J connectivity index is 1.62. The number of likely N-dealkylation sites (tertiary alicyclic amines) is 1. The molecule has 0 N–H and O–H groups in total. The lowest BCUT2D eigenvalue weighted by Crippen LogP contribution is -2.40. The molecule has 0 saturated carbocycles. The topological polar surface area (TPSA) is 51.0 Å². The molecule has 130 valence electrons. The van der Waals surface area contributed by atoms with E-state index in [1.807, 2.05) is 34.6 Å². The predicted octanol–water partition coefficient (Wildman–Crippen LogP) is 3.24. The van der Waals surface area contributed by atoms with Crippen molar-refractivity contribution in [1.29, 1.82) is 0 Å². The third-order valence-electron chi connectivity index (χ3n) is 4.37. The number of hydrogen-bond donors (Lipinski definition) is 0. The summed E-state index contributed by atoms with van der Waals surface area (Å²) in [5, 5.41) is 2.08. The summed E-state index contributed by atoms with van der Waals surface area (Å²) < 4.78 is 2.18. The molecular weight excluding hydrogens is 340 g/mol. The van der Waals surface area contributed by atoms with Gasteiger partial charge >= 0.3 is 0 Å². The van der Waals surface area contributed by atoms with Crippen molar-refractivity contribution in [3.8, 4) is 0 Å². The summed E-state index contributed by atoms with van der Waals surface area (Å²) in [4.78, 5) is 23.4. The van der Waals surface area contributed by atoms with E-state index in [0.29, 0.717) is 18.2 Å². The van der Waals surface area contributed by atoms with Gasteiger partial charge in [-0.1, -0.05) is 6.92 Å². The third-order valence-corrected chi connectivity index (χ3v) is 5.90. The molecule has 2 aromatic heterocycles. The van der Waals surface area contributed by atoms with Crippen molar-refractivity contribution in [3.63, 3.8) is 0 Å². The van der Waals surface area contributed by atoms with E-state index in [9.17, 15) is 4.79 Å². The molecular formula is C17H24N4OS2. The van der Waals surface area contributed by atoms with Crippen LogP contribution in [0.5, 0.6) is 0 Å². The highest BCUT2D eigenvalue weighted by Gasteiger charge is 2.27. The van der Waals surface area contributed by atoms with Crippen LogP contribution in [0.4, 0.5) is 0 Å². The second kappa shape index (κ2) is 8.67. The number of aromatic nitrogens is 3. The Kier molecular flexibility index (Phi) is 6.31. The van der Waals surface area contributed by atoms with E-state index in [4.69, 9.17) is 0 Å². The fourth-order valence-corrected chi connectivity index (χ4v) is 4.34. The van der Waals surface area contributed by atoms with Gasteiger partial charge in [-0.15, -0.1) is 11.3 Å². The Bertz CT molecular complexity index is 641. The Hall–Kier alpha value is -1.34. The van der Waals surface area contributed by atoms with Crippen LogP contribution >= 0.6 is 23.1 Å². The maximum atomic E-state index is 12.4. The fraction of sp³-hybridized carbons (Fsp3) is 0.588. The maximum absolute atomic E-state index is 12.4. The van der Waals surface area contributed by atoms with Crippen LogP contribution in [0.15, 0.2) is 23.3 Å². The highest BCUT2D eigenvalue weighted by molar-refractivity contribution is 7.99. The van der Waals surface area contributed by atoms with Crippen LogP contribution in [0, 0.1) is 0 Å². The molecule has 0 aromatic carbocycles. The average Bonchev–Trinajstić information content (AvgIpc) is 3.27. The first-order chi connectivity index (χ1) is 11.8. The second-order valence-corrected chi connectivity index (χ2v) is 8.13. The average molecular weight is 365 g/mol. The summed E-state index contributed by atoms with van der Waals surface area (Å²) in [6, 6.07) is 0. The Labute approximate surface area is 151 Å². The van der Waals surface area contributed by atoms with Gasteiger partial charge in [-0.25, -0.2) is 9.97 Å². The fourth-order valence-electron chi connectivity index (χ4n) is 3.18. The lowest BCUT2D eigenvalue weighted by molar-refractivity contribution is -0.132. The summed E-state index contributed by atoms with van der Waals surface area (Å²) >= 11 is 3.45. The van der Waals surface area contributed by atoms with Gasteiger partial charge < -0.3 is 9.47 Å². The van der Waals surface area contributed by atoms with Gasteiger partial charge in [0.2, 0.25) is 5.91 Å². The Morgan fingerprint density at radius 1 is 1.46 bits per heavy atom. The number of hydrogen-bond acceptors (Lipinski definition) is 5. The predicted molar refractivity (Wildman–Crippen MR) is 99.6 cm³/mol. The summed E-state index contributed by atoms with van der Waals surface area (Å²) in [7, 11) is 0. The van der Waals surface area contributed by atoms with E-state index >= 15 is 0 Å². The van der Waals surface area contributed by atoms with Gasteiger partial charge in [0.1, 0.15) is 5.82 Å². The molecule has 1 fully saturated rings. The van der Waals surface area contributed by atoms with Crippen molar-refractivity contribution >= 4 is 29.0 Å². The van der Waals surface area contributed by atoms with E-state index in [-0.39, 0.29) is 0 Å². The molecule has 1 atom stereocenters. The zero-order valence-electron chi connectivity index (χ0n) is 14.1. The van der Waals surface area contributed by atoms with Crippen molar-refractivity contribution < 1.29 is 4.79 Å². The Morgan fingerprint density at radius 3 is 3.17 bits per heavy atom. The molecule has 0 radical (unpaired) electrons. The highest BCUT2D eigenvalue weighted by Crippen LogP contribution is 2.27. The highest BCUT2D eigenvalue weighted by atomic mass is 32.2. The number of rotatable bonds is 7. The number of thiazole rings is 1. The van der Waals surface area contributed by atoms with E-state index in [2.05, 4.69) is 26.8 Å². The van der Waals surface area contributed by atoms with E-state index in [1.54, 1.807) is 11.3 Å². The largest absolute Gasteiger partial charge is 0.342 e. The quantitative estimate of drug-likeness (QED) is 0.708. The molecule has 0 unspecified atom stereocenters. The zero-order valence-corrected chi connectivity index (χ0v) is 15.7. The number of nitrogens with zero attached hydrogens (tertiary/aromatic N) is 4. The number of imidazole rings is 1. The first-order valence-corrected chi connectivity index (χ1v) is 10.6. The summed E-state index contributed by atoms with van der Waals surface area (Å²) in [5.41, 5.74) is 2.93. The third kappa shape index (κ3) is 4.39. The standard InChI is InChI=1S/C17H24N4OS2/c1-2-23-9-5-16(22)20-7-3-4-14(10-20)17-18-6-8-21(17)11-15-12-24-13-19-15/h6,8,12-14H,2-5,7,9-11H2,1H3/t14-/m1/s1. The van der Waals surface area contributed by atoms with Crippen molar-refractivity contribution in [3.05, 3.63) is 34.8 Å². The number of amides is 1. The molecule has 24 heavy (non-hydrogen) atoms. The van der Waals surface area contributed by atoms with Crippen molar-refractivity contribution in [2.75, 3.05) is 24.6 Å². The van der Waals surface area contributed by atoms with Gasteiger partial charge in [0.25, 0.3) is 0 Å². The molecule has 1 aliphatic heterocycles. The first kappa shape index (κ1) is 17.5. The summed E-state index contributed by atoms with van der Waals surface area (Å²) in [6.07, 6.45) is 6.69. The van der Waals surface area contributed by atoms with Crippen LogP contribution in [-0.2, 0) is 11.3 Å². The SMILES string of the molecule is CCSCCC(=O)N1CCC[C@@H](c2nccn2Cc2cscn2)C1. The molecule has 5 nitrogen and oxygen atoms in total. The van der Waals surface area contributed by atoms with Gasteiger partial charge in [0, 0.05) is 49.0 Å². The monoisotopic (exact) mass is 364 g/mol. The number of carbonyl (C=O) groups excluding carboxylic acids is 1. The molecule has 3 heterocycles. The number of thioether (sulfide) groups is 1. The molecule has 3 rings (SSSR count). The maximum Gasteiger partial charge on any atom is 0.223 e. The number of piperidine rings is 1. The van der Waals surface area contributed by atoms with Gasteiger partial charge in [-0.05, 0) is 18.6 Å². The molecule has 1 aliphatic rings.